The second kappa shape index (κ2) is 6.14. The predicted octanol–water partition coefficient (Wildman–Crippen LogP) is 1.39. The van der Waals surface area contributed by atoms with Crippen molar-refractivity contribution in [2.45, 2.75) is 51.5 Å². The first kappa shape index (κ1) is 14.7. The molecule has 3 aliphatic rings. The van der Waals surface area contributed by atoms with Gasteiger partial charge in [0.05, 0.1) is 5.54 Å². The summed E-state index contributed by atoms with van der Waals surface area (Å²) in [6.45, 7) is 8.39. The molecule has 0 spiro atoms. The van der Waals surface area contributed by atoms with Crippen molar-refractivity contribution in [1.29, 1.82) is 0 Å². The topological polar surface area (TPSA) is 49.4 Å². The fourth-order valence-electron chi connectivity index (χ4n) is 3.46. The molecule has 1 atom stereocenters. The van der Waals surface area contributed by atoms with Crippen molar-refractivity contribution in [3.63, 3.8) is 0 Å². The highest BCUT2D eigenvalue weighted by atomic mass is 16.1. The lowest BCUT2D eigenvalue weighted by molar-refractivity contribution is -0.134. The Morgan fingerprint density at radius 1 is 1.11 bits per heavy atom. The zero-order valence-corrected chi connectivity index (χ0v) is 12.2. The Balaban J connectivity index is 0.000000148. The number of carbonyl (C=O) groups excluding carboxylic acids is 2. The molecule has 0 saturated carbocycles. The maximum absolute atomic E-state index is 11.6. The van der Waals surface area contributed by atoms with E-state index >= 15 is 0 Å². The maximum Gasteiger partial charge on any atom is 0.154 e. The molecule has 0 bridgehead atoms. The molecule has 3 heterocycles. The highest BCUT2D eigenvalue weighted by molar-refractivity contribution is 5.92. The summed E-state index contributed by atoms with van der Waals surface area (Å²) in [5, 5.41) is 3.16. The molecule has 0 radical (unpaired) electrons. The van der Waals surface area contributed by atoms with Crippen molar-refractivity contribution in [1.82, 2.24) is 10.2 Å². The van der Waals surface area contributed by atoms with Crippen LogP contribution in [0.25, 0.3) is 0 Å². The molecule has 3 aliphatic heterocycles. The molecule has 19 heavy (non-hydrogen) atoms. The minimum atomic E-state index is -0.0139. The zero-order valence-electron chi connectivity index (χ0n) is 12.2. The van der Waals surface area contributed by atoms with Gasteiger partial charge < -0.3 is 5.32 Å². The molecule has 0 amide bonds. The van der Waals surface area contributed by atoms with Crippen LogP contribution in [0.3, 0.4) is 0 Å². The number of carbonyl (C=O) groups is 2. The maximum atomic E-state index is 11.6. The molecule has 0 aliphatic carbocycles. The Bertz CT molecular complexity index is 344. The number of fused-ring (bicyclic) bond motifs is 1. The Labute approximate surface area is 115 Å². The fourth-order valence-corrected chi connectivity index (χ4v) is 3.46. The summed E-state index contributed by atoms with van der Waals surface area (Å²) < 4.78 is 0. The van der Waals surface area contributed by atoms with Crippen LogP contribution in [0.2, 0.25) is 0 Å². The van der Waals surface area contributed by atoms with Crippen LogP contribution in [0.5, 0.6) is 0 Å². The molecule has 1 unspecified atom stereocenters. The molecule has 3 rings (SSSR count). The van der Waals surface area contributed by atoms with E-state index in [1.807, 2.05) is 0 Å². The third kappa shape index (κ3) is 2.90. The third-order valence-electron chi connectivity index (χ3n) is 4.76. The first-order chi connectivity index (χ1) is 9.07. The van der Waals surface area contributed by atoms with Gasteiger partial charge in [-0.25, -0.2) is 0 Å². The lowest BCUT2D eigenvalue weighted by Crippen LogP contribution is -2.62. The van der Waals surface area contributed by atoms with Gasteiger partial charge >= 0.3 is 0 Å². The third-order valence-corrected chi connectivity index (χ3v) is 4.76. The van der Waals surface area contributed by atoms with Crippen LogP contribution in [0.4, 0.5) is 0 Å². The van der Waals surface area contributed by atoms with E-state index in [1.54, 1.807) is 0 Å². The van der Waals surface area contributed by atoms with Crippen molar-refractivity contribution in [2.75, 3.05) is 26.2 Å². The molecule has 4 nitrogen and oxygen atoms in total. The van der Waals surface area contributed by atoms with Crippen molar-refractivity contribution in [2.24, 2.45) is 5.92 Å². The molecule has 3 fully saturated rings. The van der Waals surface area contributed by atoms with Gasteiger partial charge in [0.25, 0.3) is 0 Å². The lowest BCUT2D eigenvalue weighted by atomic mass is 9.75. The normalized spacial score (nSPS) is 31.3. The summed E-state index contributed by atoms with van der Waals surface area (Å²) in [5.41, 5.74) is -0.0139. The van der Waals surface area contributed by atoms with Crippen LogP contribution in [0.15, 0.2) is 0 Å². The van der Waals surface area contributed by atoms with Gasteiger partial charge in [0.1, 0.15) is 5.78 Å². The summed E-state index contributed by atoms with van der Waals surface area (Å²) in [7, 11) is 0. The molecule has 0 aromatic heterocycles. The number of rotatable bonds is 1. The molecule has 4 heteroatoms. The van der Waals surface area contributed by atoms with Crippen LogP contribution in [-0.2, 0) is 9.59 Å². The second-order valence-electron chi connectivity index (χ2n) is 6.13. The average molecular weight is 266 g/mol. The minimum Gasteiger partial charge on any atom is -0.316 e. The Morgan fingerprint density at radius 2 is 1.89 bits per heavy atom. The van der Waals surface area contributed by atoms with Crippen molar-refractivity contribution in [3.05, 3.63) is 0 Å². The average Bonchev–Trinajstić information content (AvgIpc) is 2.50. The van der Waals surface area contributed by atoms with Gasteiger partial charge in [0, 0.05) is 38.9 Å². The molecule has 108 valence electrons. The standard InChI is InChI=1S/C9H15NO.C6H11NO/c1-7(2)9-4-6-10(9)5-3-8(9)11;8-6-2-1-4-7-5-3-6/h7H,3-6H2,1-2H3;7H,1-5H2. The van der Waals surface area contributed by atoms with Crippen LogP contribution >= 0.6 is 0 Å². The fraction of sp³-hybridized carbons (Fsp3) is 0.867. The Morgan fingerprint density at radius 3 is 2.42 bits per heavy atom. The minimum absolute atomic E-state index is 0.0139. The predicted molar refractivity (Wildman–Crippen MR) is 75.1 cm³/mol. The van der Waals surface area contributed by atoms with Crippen LogP contribution in [-0.4, -0.2) is 48.2 Å². The van der Waals surface area contributed by atoms with Crippen LogP contribution in [0, 0.1) is 5.92 Å². The highest BCUT2D eigenvalue weighted by Crippen LogP contribution is 2.43. The van der Waals surface area contributed by atoms with Gasteiger partial charge in [0.15, 0.2) is 5.78 Å². The quantitative estimate of drug-likeness (QED) is 0.779. The van der Waals surface area contributed by atoms with E-state index in [4.69, 9.17) is 0 Å². The number of hydrogen-bond acceptors (Lipinski definition) is 4. The Kier molecular flexibility index (Phi) is 4.74. The highest BCUT2D eigenvalue weighted by Gasteiger charge is 2.55. The molecule has 3 saturated heterocycles. The van der Waals surface area contributed by atoms with E-state index in [1.165, 1.54) is 0 Å². The lowest BCUT2D eigenvalue weighted by Gasteiger charge is -2.49. The van der Waals surface area contributed by atoms with Crippen molar-refractivity contribution in [3.8, 4) is 0 Å². The summed E-state index contributed by atoms with van der Waals surface area (Å²) in [4.78, 5) is 24.5. The van der Waals surface area contributed by atoms with E-state index < -0.39 is 0 Å². The summed E-state index contributed by atoms with van der Waals surface area (Å²) in [6, 6.07) is 0. The smallest absolute Gasteiger partial charge is 0.154 e. The summed E-state index contributed by atoms with van der Waals surface area (Å²) in [5.74, 6) is 1.40. The van der Waals surface area contributed by atoms with E-state index in [0.29, 0.717) is 17.5 Å². The second-order valence-corrected chi connectivity index (χ2v) is 6.13. The Hall–Kier alpha value is -0.740. The monoisotopic (exact) mass is 266 g/mol. The first-order valence-electron chi connectivity index (χ1n) is 7.58. The number of ketones is 2. The van der Waals surface area contributed by atoms with Gasteiger partial charge in [-0.2, -0.15) is 0 Å². The summed E-state index contributed by atoms with van der Waals surface area (Å²) >= 11 is 0. The van der Waals surface area contributed by atoms with Gasteiger partial charge in [-0.05, 0) is 25.3 Å². The van der Waals surface area contributed by atoms with E-state index in [0.717, 1.165) is 58.3 Å². The van der Waals surface area contributed by atoms with Crippen molar-refractivity contribution < 1.29 is 9.59 Å². The summed E-state index contributed by atoms with van der Waals surface area (Å²) in [6.07, 6.45) is 4.44. The SMILES string of the molecule is CC(C)C12CCN1CCC2=O.O=C1CCCNCC1. The molecule has 0 aromatic rings. The number of nitrogens with zero attached hydrogens (tertiary/aromatic N) is 1. The van der Waals surface area contributed by atoms with Gasteiger partial charge in [-0.3, -0.25) is 14.5 Å². The van der Waals surface area contributed by atoms with Gasteiger partial charge in [-0.1, -0.05) is 13.8 Å². The van der Waals surface area contributed by atoms with Gasteiger partial charge in [-0.15, -0.1) is 0 Å². The van der Waals surface area contributed by atoms with Crippen molar-refractivity contribution >= 4 is 11.6 Å². The first-order valence-corrected chi connectivity index (χ1v) is 7.58. The molecular weight excluding hydrogens is 240 g/mol. The van der Waals surface area contributed by atoms with Gasteiger partial charge in [0.2, 0.25) is 0 Å². The number of hydrogen-bond donors (Lipinski definition) is 1. The van der Waals surface area contributed by atoms with Crippen LogP contribution < -0.4 is 5.32 Å². The van der Waals surface area contributed by atoms with Crippen LogP contribution in [0.1, 0.15) is 46.0 Å². The zero-order chi connectivity index (χ0) is 13.9. The largest absolute Gasteiger partial charge is 0.316 e. The molecular formula is C15H26N2O2. The van der Waals surface area contributed by atoms with E-state index in [-0.39, 0.29) is 5.54 Å². The number of Topliss-reactive ketones (excluding diaryl/α,β-unsaturated/α-hetero) is 2. The molecule has 0 aromatic carbocycles. The van der Waals surface area contributed by atoms with E-state index in [9.17, 15) is 9.59 Å². The molecule has 1 N–H and O–H groups in total. The number of nitrogens with one attached hydrogen (secondary N) is 1. The van der Waals surface area contributed by atoms with E-state index in [2.05, 4.69) is 24.1 Å².